The summed E-state index contributed by atoms with van der Waals surface area (Å²) in [7, 11) is 1.68. The summed E-state index contributed by atoms with van der Waals surface area (Å²) < 4.78 is 11.7. The Morgan fingerprint density at radius 2 is 1.93 bits per heavy atom. The summed E-state index contributed by atoms with van der Waals surface area (Å²) >= 11 is 0. The normalized spacial score (nSPS) is 15.7. The van der Waals surface area contributed by atoms with E-state index in [1.54, 1.807) is 19.5 Å². The number of nitrogens with zero attached hydrogens (tertiary/aromatic N) is 5. The second-order valence-electron chi connectivity index (χ2n) is 6.89. The average Bonchev–Trinajstić information content (AvgIpc) is 2.75. The summed E-state index contributed by atoms with van der Waals surface area (Å²) in [4.78, 5) is 13.0. The van der Waals surface area contributed by atoms with Crippen LogP contribution in [0, 0.1) is 11.3 Å². The Morgan fingerprint density at radius 3 is 2.61 bits per heavy atom. The van der Waals surface area contributed by atoms with Gasteiger partial charge in [-0.25, -0.2) is 9.97 Å². The molecule has 0 spiro atoms. The lowest BCUT2D eigenvalue weighted by atomic mass is 10.1. The molecular weight excluding hydrogens is 354 g/mol. The lowest BCUT2D eigenvalue weighted by Gasteiger charge is -2.35. The molecule has 0 amide bonds. The number of piperazine rings is 1. The van der Waals surface area contributed by atoms with Gasteiger partial charge in [-0.15, -0.1) is 0 Å². The zero-order valence-corrected chi connectivity index (χ0v) is 16.8. The molecule has 1 saturated heterocycles. The third-order valence-electron chi connectivity index (χ3n) is 5.02. The van der Waals surface area contributed by atoms with Crippen LogP contribution in [0.25, 0.3) is 0 Å². The highest BCUT2D eigenvalue weighted by atomic mass is 16.5. The Morgan fingerprint density at radius 1 is 1.18 bits per heavy atom. The van der Waals surface area contributed by atoms with Crippen LogP contribution in [-0.4, -0.2) is 54.3 Å². The summed E-state index contributed by atoms with van der Waals surface area (Å²) in [6.45, 7) is 8.34. The average molecular weight is 381 g/mol. The first-order chi connectivity index (χ1) is 13.7. The monoisotopic (exact) mass is 381 g/mol. The maximum absolute atomic E-state index is 9.25. The molecule has 1 atom stereocenters. The van der Waals surface area contributed by atoms with Crippen molar-refractivity contribution in [3.05, 3.63) is 41.9 Å². The highest BCUT2D eigenvalue weighted by Gasteiger charge is 2.22. The predicted molar refractivity (Wildman–Crippen MR) is 108 cm³/mol. The van der Waals surface area contributed by atoms with Crippen LogP contribution in [0.2, 0.25) is 0 Å². The smallest absolute Gasteiger partial charge is 0.183 e. The largest absolute Gasteiger partial charge is 0.493 e. The molecule has 2 aromatic rings. The first-order valence-electron chi connectivity index (χ1n) is 9.67. The molecule has 148 valence electrons. The number of nitriles is 1. The van der Waals surface area contributed by atoms with Crippen LogP contribution in [0.4, 0.5) is 5.82 Å². The highest BCUT2D eigenvalue weighted by Crippen LogP contribution is 2.33. The molecule has 1 aliphatic rings. The topological polar surface area (TPSA) is 74.5 Å². The van der Waals surface area contributed by atoms with E-state index in [2.05, 4.69) is 45.8 Å². The summed E-state index contributed by atoms with van der Waals surface area (Å²) in [5, 5.41) is 9.25. The fraction of sp³-hybridized carbons (Fsp3) is 0.476. The van der Waals surface area contributed by atoms with Gasteiger partial charge in [-0.05, 0) is 19.4 Å². The highest BCUT2D eigenvalue weighted by molar-refractivity contribution is 5.50. The van der Waals surface area contributed by atoms with Crippen LogP contribution in [0.15, 0.2) is 30.6 Å². The van der Waals surface area contributed by atoms with Gasteiger partial charge >= 0.3 is 0 Å². The standard InChI is InChI=1S/C21H27N5O2/c1-4-16(2)28-20-17(6-5-7-19(20)27-3)15-25-10-12-26(13-11-25)21-18(14-22)23-8-9-24-21/h5-9,16H,4,10-13,15H2,1-3H3/t16-/m0/s1. The van der Waals surface area contributed by atoms with Gasteiger partial charge in [-0.1, -0.05) is 19.1 Å². The molecule has 0 aliphatic carbocycles. The maximum Gasteiger partial charge on any atom is 0.183 e. The van der Waals surface area contributed by atoms with Crippen molar-refractivity contribution in [3.63, 3.8) is 0 Å². The third kappa shape index (κ3) is 4.52. The Bertz CT molecular complexity index is 828. The SMILES string of the molecule is CC[C@H](C)Oc1c(CN2CCN(c3nccnc3C#N)CC2)cccc1OC. The fourth-order valence-electron chi connectivity index (χ4n) is 3.26. The molecule has 2 heterocycles. The van der Waals surface area contributed by atoms with Gasteiger partial charge in [0.05, 0.1) is 13.2 Å². The van der Waals surface area contributed by atoms with Gasteiger partial charge in [-0.2, -0.15) is 5.26 Å². The maximum atomic E-state index is 9.25. The number of rotatable bonds is 7. The minimum absolute atomic E-state index is 0.132. The second-order valence-corrected chi connectivity index (χ2v) is 6.89. The van der Waals surface area contributed by atoms with Crippen molar-refractivity contribution in [1.82, 2.24) is 14.9 Å². The van der Waals surface area contributed by atoms with Crippen molar-refractivity contribution < 1.29 is 9.47 Å². The van der Waals surface area contributed by atoms with Crippen LogP contribution in [-0.2, 0) is 6.54 Å². The minimum Gasteiger partial charge on any atom is -0.493 e. The van der Waals surface area contributed by atoms with Crippen molar-refractivity contribution in [2.45, 2.75) is 32.9 Å². The Hall–Kier alpha value is -2.85. The molecule has 0 saturated carbocycles. The van der Waals surface area contributed by atoms with E-state index in [1.807, 2.05) is 12.1 Å². The van der Waals surface area contributed by atoms with Gasteiger partial charge in [0.25, 0.3) is 0 Å². The Kier molecular flexibility index (Phi) is 6.66. The van der Waals surface area contributed by atoms with Crippen molar-refractivity contribution in [3.8, 4) is 17.6 Å². The molecule has 1 aromatic carbocycles. The van der Waals surface area contributed by atoms with Crippen LogP contribution < -0.4 is 14.4 Å². The van der Waals surface area contributed by atoms with Gasteiger partial charge in [0.15, 0.2) is 23.0 Å². The van der Waals surface area contributed by atoms with E-state index in [1.165, 1.54) is 0 Å². The zero-order chi connectivity index (χ0) is 19.9. The third-order valence-corrected chi connectivity index (χ3v) is 5.02. The summed E-state index contributed by atoms with van der Waals surface area (Å²) in [6.07, 6.45) is 4.26. The second kappa shape index (κ2) is 9.38. The molecule has 0 N–H and O–H groups in total. The van der Waals surface area contributed by atoms with Crippen molar-refractivity contribution >= 4 is 5.82 Å². The summed E-state index contributed by atoms with van der Waals surface area (Å²) in [5.74, 6) is 2.28. The van der Waals surface area contributed by atoms with Crippen LogP contribution in [0.1, 0.15) is 31.5 Å². The number of methoxy groups -OCH3 is 1. The van der Waals surface area contributed by atoms with E-state index >= 15 is 0 Å². The van der Waals surface area contributed by atoms with Gasteiger partial charge in [0.2, 0.25) is 0 Å². The number of hydrogen-bond acceptors (Lipinski definition) is 7. The van der Waals surface area contributed by atoms with Crippen molar-refractivity contribution in [2.24, 2.45) is 0 Å². The number of ether oxygens (including phenoxy) is 2. The fourth-order valence-corrected chi connectivity index (χ4v) is 3.26. The molecule has 3 rings (SSSR count). The Balaban J connectivity index is 1.69. The van der Waals surface area contributed by atoms with Gasteiger partial charge in [0, 0.05) is 50.7 Å². The molecule has 7 nitrogen and oxygen atoms in total. The lowest BCUT2D eigenvalue weighted by molar-refractivity contribution is 0.196. The van der Waals surface area contributed by atoms with E-state index in [0.717, 1.165) is 56.2 Å². The van der Waals surface area contributed by atoms with Crippen molar-refractivity contribution in [2.75, 3.05) is 38.2 Å². The molecular formula is C21H27N5O2. The quantitative estimate of drug-likeness (QED) is 0.730. The number of hydrogen-bond donors (Lipinski definition) is 0. The molecule has 0 radical (unpaired) electrons. The van der Waals surface area contributed by atoms with E-state index in [4.69, 9.17) is 9.47 Å². The minimum atomic E-state index is 0.132. The molecule has 28 heavy (non-hydrogen) atoms. The number of aromatic nitrogens is 2. The van der Waals surface area contributed by atoms with E-state index in [9.17, 15) is 5.26 Å². The van der Waals surface area contributed by atoms with Crippen LogP contribution in [0.3, 0.4) is 0 Å². The number of para-hydroxylation sites is 1. The van der Waals surface area contributed by atoms with E-state index < -0.39 is 0 Å². The van der Waals surface area contributed by atoms with Gasteiger partial charge in [0.1, 0.15) is 6.07 Å². The van der Waals surface area contributed by atoms with E-state index in [0.29, 0.717) is 11.5 Å². The van der Waals surface area contributed by atoms with Crippen molar-refractivity contribution in [1.29, 1.82) is 5.26 Å². The van der Waals surface area contributed by atoms with E-state index in [-0.39, 0.29) is 6.10 Å². The van der Waals surface area contributed by atoms with Crippen LogP contribution >= 0.6 is 0 Å². The van der Waals surface area contributed by atoms with Gasteiger partial charge in [-0.3, -0.25) is 4.90 Å². The first kappa shape index (κ1) is 19.9. The molecule has 0 bridgehead atoms. The molecule has 7 heteroatoms. The lowest BCUT2D eigenvalue weighted by Crippen LogP contribution is -2.46. The molecule has 1 aromatic heterocycles. The Labute approximate surface area is 166 Å². The van der Waals surface area contributed by atoms with Crippen LogP contribution in [0.5, 0.6) is 11.5 Å². The summed E-state index contributed by atoms with van der Waals surface area (Å²) in [5.41, 5.74) is 1.51. The summed E-state index contributed by atoms with van der Waals surface area (Å²) in [6, 6.07) is 8.18. The zero-order valence-electron chi connectivity index (χ0n) is 16.8. The first-order valence-corrected chi connectivity index (χ1v) is 9.67. The molecule has 1 aliphatic heterocycles. The number of anilines is 1. The molecule has 0 unspecified atom stereocenters. The van der Waals surface area contributed by atoms with Gasteiger partial charge < -0.3 is 14.4 Å². The predicted octanol–water partition coefficient (Wildman–Crippen LogP) is 2.86. The molecule has 1 fully saturated rings. The number of benzene rings is 1.